The normalized spacial score (nSPS) is 18.3. The number of nitrogens with zero attached hydrogens (tertiary/aromatic N) is 2. The fourth-order valence-electron chi connectivity index (χ4n) is 2.11. The van der Waals surface area contributed by atoms with Gasteiger partial charge in [0.1, 0.15) is 0 Å². The average Bonchev–Trinajstić information content (AvgIpc) is 2.88. The number of hydrogen-bond donors (Lipinski definition) is 2. The highest BCUT2D eigenvalue weighted by Gasteiger charge is 2.24. The summed E-state index contributed by atoms with van der Waals surface area (Å²) in [5.41, 5.74) is 7.61. The van der Waals surface area contributed by atoms with Crippen molar-refractivity contribution in [2.45, 2.75) is 19.0 Å². The molecule has 18 heavy (non-hydrogen) atoms. The van der Waals surface area contributed by atoms with Gasteiger partial charge in [0.2, 0.25) is 5.89 Å². The Labute approximate surface area is 103 Å². The molecule has 1 aliphatic rings. The number of fused-ring (bicyclic) bond motifs is 1. The Hall–Kier alpha value is -2.21. The molecule has 0 saturated heterocycles. The van der Waals surface area contributed by atoms with Gasteiger partial charge >= 0.3 is 0 Å². The highest BCUT2D eigenvalue weighted by Crippen LogP contribution is 2.24. The summed E-state index contributed by atoms with van der Waals surface area (Å²) >= 11 is 0. The molecule has 0 saturated carbocycles. The number of rotatable bonds is 2. The molecule has 3 N–H and O–H groups in total. The van der Waals surface area contributed by atoms with Gasteiger partial charge in [0, 0.05) is 6.54 Å². The van der Waals surface area contributed by atoms with Crippen molar-refractivity contribution < 1.29 is 9.32 Å². The first-order valence-electron chi connectivity index (χ1n) is 5.67. The van der Waals surface area contributed by atoms with Crippen LogP contribution in [0.2, 0.25) is 0 Å². The fourth-order valence-corrected chi connectivity index (χ4v) is 2.11. The van der Waals surface area contributed by atoms with Crippen LogP contribution in [-0.4, -0.2) is 16.0 Å². The van der Waals surface area contributed by atoms with Crippen LogP contribution in [0.1, 0.15) is 33.7 Å². The number of hydrogen-bond acceptors (Lipinski definition) is 5. The molecule has 1 aliphatic heterocycles. The summed E-state index contributed by atoms with van der Waals surface area (Å²) in [5.74, 6) is -0.356. The van der Waals surface area contributed by atoms with Gasteiger partial charge in [-0.25, -0.2) is 0 Å². The molecule has 0 bridgehead atoms. The molecule has 0 spiro atoms. The average molecular weight is 244 g/mol. The Balaban J connectivity index is 1.85. The van der Waals surface area contributed by atoms with Gasteiger partial charge in [-0.3, -0.25) is 4.79 Å². The molecule has 1 amide bonds. The standard InChI is InChI=1S/C12H12N4O2/c13-10(17)11-15-12(18-16-11)9-5-7-3-1-2-4-8(7)6-14-9/h1-4,9,14H,5-6H2,(H2,13,17)/t9-/m0/s1. The van der Waals surface area contributed by atoms with Gasteiger partial charge in [-0.2, -0.15) is 4.98 Å². The second kappa shape index (κ2) is 4.23. The molecule has 6 heteroatoms. The highest BCUT2D eigenvalue weighted by atomic mass is 16.5. The molecular formula is C12H12N4O2. The molecule has 92 valence electrons. The van der Waals surface area contributed by atoms with Gasteiger partial charge in [-0.15, -0.1) is 0 Å². The predicted molar refractivity (Wildman–Crippen MR) is 62.5 cm³/mol. The van der Waals surface area contributed by atoms with Crippen LogP contribution in [0.3, 0.4) is 0 Å². The Morgan fingerprint density at radius 1 is 1.39 bits per heavy atom. The van der Waals surface area contributed by atoms with Crippen LogP contribution < -0.4 is 11.1 Å². The Morgan fingerprint density at radius 3 is 2.89 bits per heavy atom. The molecule has 2 aromatic rings. The summed E-state index contributed by atoms with van der Waals surface area (Å²) in [7, 11) is 0. The first-order chi connectivity index (χ1) is 8.74. The van der Waals surface area contributed by atoms with E-state index in [1.54, 1.807) is 0 Å². The van der Waals surface area contributed by atoms with E-state index in [1.165, 1.54) is 11.1 Å². The van der Waals surface area contributed by atoms with Gasteiger partial charge in [-0.05, 0) is 17.5 Å². The minimum atomic E-state index is -0.679. The van der Waals surface area contributed by atoms with Crippen molar-refractivity contribution in [1.29, 1.82) is 0 Å². The number of nitrogens with two attached hydrogens (primary N) is 1. The molecular weight excluding hydrogens is 232 g/mol. The first kappa shape index (κ1) is 10.9. The Bertz CT molecular complexity index is 593. The third kappa shape index (κ3) is 1.86. The van der Waals surface area contributed by atoms with Crippen LogP contribution >= 0.6 is 0 Å². The van der Waals surface area contributed by atoms with Crippen LogP contribution in [0.25, 0.3) is 0 Å². The lowest BCUT2D eigenvalue weighted by atomic mass is 9.96. The molecule has 6 nitrogen and oxygen atoms in total. The molecule has 0 radical (unpaired) electrons. The summed E-state index contributed by atoms with van der Waals surface area (Å²) in [6.45, 7) is 0.745. The van der Waals surface area contributed by atoms with Gasteiger partial charge in [0.25, 0.3) is 11.7 Å². The topological polar surface area (TPSA) is 94.0 Å². The summed E-state index contributed by atoms with van der Waals surface area (Å²) in [5, 5.41) is 6.84. The molecule has 3 rings (SSSR count). The van der Waals surface area contributed by atoms with E-state index in [0.717, 1.165) is 13.0 Å². The number of primary amides is 1. The molecule has 2 heterocycles. The van der Waals surface area contributed by atoms with E-state index in [2.05, 4.69) is 27.6 Å². The van der Waals surface area contributed by atoms with Crippen LogP contribution in [-0.2, 0) is 13.0 Å². The van der Waals surface area contributed by atoms with E-state index in [-0.39, 0.29) is 11.9 Å². The molecule has 0 unspecified atom stereocenters. The van der Waals surface area contributed by atoms with Gasteiger partial charge < -0.3 is 15.6 Å². The number of nitrogens with one attached hydrogen (secondary N) is 1. The lowest BCUT2D eigenvalue weighted by Gasteiger charge is -2.23. The van der Waals surface area contributed by atoms with Crippen molar-refractivity contribution in [3.05, 3.63) is 47.1 Å². The minimum Gasteiger partial charge on any atom is -0.363 e. The van der Waals surface area contributed by atoms with Gasteiger partial charge in [0.05, 0.1) is 6.04 Å². The zero-order valence-electron chi connectivity index (χ0n) is 9.59. The van der Waals surface area contributed by atoms with E-state index < -0.39 is 5.91 Å². The number of amides is 1. The molecule has 1 aromatic carbocycles. The van der Waals surface area contributed by atoms with Crippen LogP contribution in [0.15, 0.2) is 28.8 Å². The number of carbonyl (C=O) groups is 1. The maximum absolute atomic E-state index is 10.9. The van der Waals surface area contributed by atoms with Crippen LogP contribution in [0.5, 0.6) is 0 Å². The number of benzene rings is 1. The third-order valence-electron chi connectivity index (χ3n) is 3.04. The molecule has 0 aliphatic carbocycles. The van der Waals surface area contributed by atoms with E-state index >= 15 is 0 Å². The highest BCUT2D eigenvalue weighted by molar-refractivity contribution is 5.88. The minimum absolute atomic E-state index is 0.0690. The smallest absolute Gasteiger partial charge is 0.290 e. The quantitative estimate of drug-likeness (QED) is 0.804. The second-order valence-electron chi connectivity index (χ2n) is 4.23. The lowest BCUT2D eigenvalue weighted by molar-refractivity contribution is 0.0987. The fraction of sp³-hybridized carbons (Fsp3) is 0.250. The largest absolute Gasteiger partial charge is 0.363 e. The SMILES string of the molecule is NC(=O)c1noc([C@@H]2Cc3ccccc3CN2)n1. The zero-order valence-corrected chi connectivity index (χ0v) is 9.59. The summed E-state index contributed by atoms with van der Waals surface area (Å²) in [4.78, 5) is 14.9. The Kier molecular flexibility index (Phi) is 2.56. The van der Waals surface area contributed by atoms with Crippen molar-refractivity contribution in [1.82, 2.24) is 15.5 Å². The van der Waals surface area contributed by atoms with Crippen molar-refractivity contribution >= 4 is 5.91 Å². The van der Waals surface area contributed by atoms with Crippen LogP contribution in [0, 0.1) is 0 Å². The van der Waals surface area contributed by atoms with Crippen molar-refractivity contribution in [2.24, 2.45) is 5.73 Å². The number of carbonyl (C=O) groups excluding carboxylic acids is 1. The lowest BCUT2D eigenvalue weighted by Crippen LogP contribution is -2.28. The Morgan fingerprint density at radius 2 is 2.17 bits per heavy atom. The van der Waals surface area contributed by atoms with E-state index in [1.807, 2.05) is 12.1 Å². The van der Waals surface area contributed by atoms with Crippen molar-refractivity contribution in [2.75, 3.05) is 0 Å². The molecule has 1 aromatic heterocycles. The monoisotopic (exact) mass is 244 g/mol. The zero-order chi connectivity index (χ0) is 12.5. The maximum Gasteiger partial charge on any atom is 0.290 e. The summed E-state index contributed by atoms with van der Waals surface area (Å²) in [6, 6.07) is 8.11. The molecule has 0 fully saturated rings. The van der Waals surface area contributed by atoms with E-state index in [9.17, 15) is 4.79 Å². The predicted octanol–water partition coefficient (Wildman–Crippen LogP) is 0.555. The van der Waals surface area contributed by atoms with Crippen LogP contribution in [0.4, 0.5) is 0 Å². The van der Waals surface area contributed by atoms with E-state index in [4.69, 9.17) is 10.3 Å². The van der Waals surface area contributed by atoms with E-state index in [0.29, 0.717) is 5.89 Å². The second-order valence-corrected chi connectivity index (χ2v) is 4.23. The summed E-state index contributed by atoms with van der Waals surface area (Å²) < 4.78 is 5.06. The van der Waals surface area contributed by atoms with Gasteiger partial charge in [0.15, 0.2) is 0 Å². The third-order valence-corrected chi connectivity index (χ3v) is 3.04. The summed E-state index contributed by atoms with van der Waals surface area (Å²) in [6.07, 6.45) is 0.760. The maximum atomic E-state index is 10.9. The van der Waals surface area contributed by atoms with Crippen molar-refractivity contribution in [3.63, 3.8) is 0 Å². The number of aromatic nitrogens is 2. The van der Waals surface area contributed by atoms with Crippen molar-refractivity contribution in [3.8, 4) is 0 Å². The first-order valence-corrected chi connectivity index (χ1v) is 5.67. The van der Waals surface area contributed by atoms with Gasteiger partial charge in [-0.1, -0.05) is 29.4 Å². The molecule has 1 atom stereocenters.